The molecule has 1 heterocycles. The number of hydrogen-bond acceptors (Lipinski definition) is 3. The standard InChI is InChI=1S/C15H23ClN2S/c1-3-14(17)15(12-4-6-13(16)7-5-12)18-8-9-19-11(2)10-18/h4-7,11,14-15H,3,8-10,17H2,1-2H3. The lowest BCUT2D eigenvalue weighted by Crippen LogP contribution is -2.46. The van der Waals surface area contributed by atoms with Gasteiger partial charge in [-0.1, -0.05) is 37.6 Å². The van der Waals surface area contributed by atoms with Gasteiger partial charge in [0.15, 0.2) is 0 Å². The van der Waals surface area contributed by atoms with Gasteiger partial charge in [0, 0.05) is 41.2 Å². The quantitative estimate of drug-likeness (QED) is 0.921. The molecule has 19 heavy (non-hydrogen) atoms. The Hall–Kier alpha value is -0.220. The van der Waals surface area contributed by atoms with Gasteiger partial charge in [-0.3, -0.25) is 4.90 Å². The topological polar surface area (TPSA) is 29.3 Å². The summed E-state index contributed by atoms with van der Waals surface area (Å²) in [5, 5.41) is 1.47. The Bertz CT molecular complexity index is 396. The molecule has 0 aromatic heterocycles. The molecule has 0 bridgehead atoms. The summed E-state index contributed by atoms with van der Waals surface area (Å²) in [4.78, 5) is 2.54. The first-order valence-corrected chi connectivity index (χ1v) is 8.41. The molecule has 1 aromatic carbocycles. The molecular weight excluding hydrogens is 276 g/mol. The van der Waals surface area contributed by atoms with Crippen LogP contribution in [0.25, 0.3) is 0 Å². The summed E-state index contributed by atoms with van der Waals surface area (Å²) >= 11 is 8.04. The third-order valence-electron chi connectivity index (χ3n) is 3.75. The van der Waals surface area contributed by atoms with Gasteiger partial charge < -0.3 is 5.73 Å². The van der Waals surface area contributed by atoms with Crippen LogP contribution in [0.5, 0.6) is 0 Å². The minimum absolute atomic E-state index is 0.177. The van der Waals surface area contributed by atoms with E-state index in [4.69, 9.17) is 17.3 Å². The Morgan fingerprint density at radius 1 is 1.42 bits per heavy atom. The average Bonchev–Trinajstić information content (AvgIpc) is 2.41. The SMILES string of the molecule is CCC(N)C(c1ccc(Cl)cc1)N1CCSC(C)C1. The maximum atomic E-state index is 6.38. The van der Waals surface area contributed by atoms with Crippen LogP contribution in [0.4, 0.5) is 0 Å². The lowest BCUT2D eigenvalue weighted by Gasteiger charge is -2.40. The van der Waals surface area contributed by atoms with Gasteiger partial charge >= 0.3 is 0 Å². The van der Waals surface area contributed by atoms with E-state index in [0.717, 1.165) is 24.5 Å². The van der Waals surface area contributed by atoms with Gasteiger partial charge in [0.05, 0.1) is 0 Å². The zero-order valence-corrected chi connectivity index (χ0v) is 13.3. The van der Waals surface area contributed by atoms with E-state index < -0.39 is 0 Å². The monoisotopic (exact) mass is 298 g/mol. The zero-order valence-electron chi connectivity index (χ0n) is 11.7. The molecule has 4 heteroatoms. The maximum Gasteiger partial charge on any atom is 0.0499 e. The molecule has 2 N–H and O–H groups in total. The van der Waals surface area contributed by atoms with Crippen molar-refractivity contribution in [1.29, 1.82) is 0 Å². The van der Waals surface area contributed by atoms with Gasteiger partial charge in [0.25, 0.3) is 0 Å². The fourth-order valence-corrected chi connectivity index (χ4v) is 3.88. The third-order valence-corrected chi connectivity index (χ3v) is 5.14. The zero-order chi connectivity index (χ0) is 13.8. The fraction of sp³-hybridized carbons (Fsp3) is 0.600. The Balaban J connectivity index is 2.22. The summed E-state index contributed by atoms with van der Waals surface area (Å²) in [5.41, 5.74) is 7.67. The van der Waals surface area contributed by atoms with E-state index >= 15 is 0 Å². The van der Waals surface area contributed by atoms with Crippen molar-refractivity contribution in [3.05, 3.63) is 34.9 Å². The third kappa shape index (κ3) is 3.88. The smallest absolute Gasteiger partial charge is 0.0499 e. The summed E-state index contributed by atoms with van der Waals surface area (Å²) in [6.07, 6.45) is 0.991. The maximum absolute atomic E-state index is 6.38. The molecule has 3 atom stereocenters. The molecule has 1 saturated heterocycles. The van der Waals surface area contributed by atoms with Gasteiger partial charge in [0.1, 0.15) is 0 Å². The van der Waals surface area contributed by atoms with Crippen molar-refractivity contribution in [2.45, 2.75) is 37.6 Å². The molecule has 0 saturated carbocycles. The lowest BCUT2D eigenvalue weighted by molar-refractivity contribution is 0.177. The first-order chi connectivity index (χ1) is 9.11. The molecule has 2 rings (SSSR count). The van der Waals surface area contributed by atoms with Crippen LogP contribution in [0.15, 0.2) is 24.3 Å². The summed E-state index contributed by atoms with van der Waals surface area (Å²) in [5.74, 6) is 1.20. The van der Waals surface area contributed by atoms with E-state index in [1.165, 1.54) is 11.3 Å². The van der Waals surface area contributed by atoms with Crippen molar-refractivity contribution in [2.24, 2.45) is 5.73 Å². The summed E-state index contributed by atoms with van der Waals surface area (Å²) in [6, 6.07) is 8.66. The molecule has 0 spiro atoms. The first kappa shape index (κ1) is 15.2. The normalized spacial score (nSPS) is 24.1. The largest absolute Gasteiger partial charge is 0.326 e. The molecular formula is C15H23ClN2S. The minimum Gasteiger partial charge on any atom is -0.326 e. The van der Waals surface area contributed by atoms with Gasteiger partial charge in [-0.15, -0.1) is 0 Å². The van der Waals surface area contributed by atoms with Crippen molar-refractivity contribution in [1.82, 2.24) is 4.90 Å². The number of rotatable bonds is 4. The molecule has 106 valence electrons. The van der Waals surface area contributed by atoms with Crippen LogP contribution < -0.4 is 5.73 Å². The van der Waals surface area contributed by atoms with Crippen LogP contribution in [-0.2, 0) is 0 Å². The number of nitrogens with two attached hydrogens (primary N) is 1. The van der Waals surface area contributed by atoms with Crippen LogP contribution in [-0.4, -0.2) is 35.0 Å². The Kier molecular flexibility index (Phi) is 5.58. The predicted molar refractivity (Wildman–Crippen MR) is 86.0 cm³/mol. The molecule has 0 radical (unpaired) electrons. The van der Waals surface area contributed by atoms with Crippen molar-refractivity contribution >= 4 is 23.4 Å². The molecule has 0 amide bonds. The van der Waals surface area contributed by atoms with Crippen LogP contribution >= 0.6 is 23.4 Å². The van der Waals surface area contributed by atoms with E-state index in [1.54, 1.807) is 0 Å². The van der Waals surface area contributed by atoms with E-state index in [-0.39, 0.29) is 6.04 Å². The van der Waals surface area contributed by atoms with Crippen molar-refractivity contribution < 1.29 is 0 Å². The average molecular weight is 299 g/mol. The molecule has 1 aliphatic rings. The van der Waals surface area contributed by atoms with Crippen molar-refractivity contribution in [3.8, 4) is 0 Å². The number of hydrogen-bond donors (Lipinski definition) is 1. The second-order valence-corrected chi connectivity index (χ2v) is 7.23. The molecule has 1 fully saturated rings. The van der Waals surface area contributed by atoms with E-state index in [9.17, 15) is 0 Å². The van der Waals surface area contributed by atoms with E-state index in [0.29, 0.717) is 11.3 Å². The first-order valence-electron chi connectivity index (χ1n) is 6.98. The van der Waals surface area contributed by atoms with Crippen LogP contribution in [0, 0.1) is 0 Å². The van der Waals surface area contributed by atoms with Gasteiger partial charge in [-0.05, 0) is 24.1 Å². The summed E-state index contributed by atoms with van der Waals surface area (Å²) in [6.45, 7) is 6.70. The highest BCUT2D eigenvalue weighted by molar-refractivity contribution is 7.99. The Morgan fingerprint density at radius 3 is 2.68 bits per heavy atom. The lowest BCUT2D eigenvalue weighted by atomic mass is 9.96. The number of halogens is 1. The summed E-state index contributed by atoms with van der Waals surface area (Å²) in [7, 11) is 0. The number of nitrogens with zero attached hydrogens (tertiary/aromatic N) is 1. The van der Waals surface area contributed by atoms with Gasteiger partial charge in [-0.25, -0.2) is 0 Å². The highest BCUT2D eigenvalue weighted by Gasteiger charge is 2.29. The summed E-state index contributed by atoms with van der Waals surface area (Å²) < 4.78 is 0. The molecule has 1 aliphatic heterocycles. The number of thioether (sulfide) groups is 1. The Labute approximate surface area is 125 Å². The van der Waals surface area contributed by atoms with Crippen molar-refractivity contribution in [2.75, 3.05) is 18.8 Å². The number of benzene rings is 1. The molecule has 3 unspecified atom stereocenters. The fourth-order valence-electron chi connectivity index (χ4n) is 2.71. The van der Waals surface area contributed by atoms with Crippen LogP contribution in [0.1, 0.15) is 31.9 Å². The van der Waals surface area contributed by atoms with Crippen LogP contribution in [0.3, 0.4) is 0 Å². The van der Waals surface area contributed by atoms with Gasteiger partial charge in [0.2, 0.25) is 0 Å². The second kappa shape index (κ2) is 6.98. The molecule has 0 aliphatic carbocycles. The molecule has 1 aromatic rings. The highest BCUT2D eigenvalue weighted by Crippen LogP contribution is 2.30. The highest BCUT2D eigenvalue weighted by atomic mass is 35.5. The van der Waals surface area contributed by atoms with E-state index in [2.05, 4.69) is 42.6 Å². The Morgan fingerprint density at radius 2 is 2.11 bits per heavy atom. The van der Waals surface area contributed by atoms with Crippen molar-refractivity contribution in [3.63, 3.8) is 0 Å². The van der Waals surface area contributed by atoms with E-state index in [1.807, 2.05) is 12.1 Å². The predicted octanol–water partition coefficient (Wildman–Crippen LogP) is 3.56. The molecule has 2 nitrogen and oxygen atoms in total. The van der Waals surface area contributed by atoms with Crippen LogP contribution in [0.2, 0.25) is 5.02 Å². The van der Waals surface area contributed by atoms with Gasteiger partial charge in [-0.2, -0.15) is 11.8 Å². The minimum atomic E-state index is 0.177. The second-order valence-electron chi connectivity index (χ2n) is 5.24.